The van der Waals surface area contributed by atoms with E-state index in [1.807, 2.05) is 36.9 Å². The molecule has 0 nitrogen and oxygen atoms in total. The van der Waals surface area contributed by atoms with Gasteiger partial charge in [0.05, 0.1) is 0 Å². The lowest BCUT2D eigenvalue weighted by Crippen LogP contribution is -1.69. The summed E-state index contributed by atoms with van der Waals surface area (Å²) in [5.74, 6) is 1.11. The minimum Gasteiger partial charge on any atom is -0.126 e. The number of hydrogen-bond acceptors (Lipinski definition) is 1. The van der Waals surface area contributed by atoms with Gasteiger partial charge >= 0.3 is 0 Å². The first-order valence-corrected chi connectivity index (χ1v) is 4.42. The molecule has 0 aliphatic carbocycles. The van der Waals surface area contributed by atoms with Crippen molar-refractivity contribution in [2.45, 2.75) is 13.8 Å². The zero-order valence-electron chi connectivity index (χ0n) is 6.63. The van der Waals surface area contributed by atoms with Crippen LogP contribution in [0, 0.1) is 0 Å². The van der Waals surface area contributed by atoms with Crippen molar-refractivity contribution in [2.24, 2.45) is 0 Å². The molecule has 0 aliphatic rings. The summed E-state index contributed by atoms with van der Waals surface area (Å²) >= 11 is 1.81. The summed E-state index contributed by atoms with van der Waals surface area (Å²) < 4.78 is 0. The molecule has 0 amide bonds. The third-order valence-electron chi connectivity index (χ3n) is 0.965. The number of thioether (sulfide) groups is 1. The first-order chi connectivity index (χ1) is 4.85. The van der Waals surface area contributed by atoms with Crippen LogP contribution in [0.4, 0.5) is 0 Å². The van der Waals surface area contributed by atoms with Crippen molar-refractivity contribution in [2.75, 3.05) is 5.75 Å². The lowest BCUT2D eigenvalue weighted by molar-refractivity contribution is 1.53. The van der Waals surface area contributed by atoms with Gasteiger partial charge in [0, 0.05) is 4.91 Å². The van der Waals surface area contributed by atoms with E-state index < -0.39 is 0 Å². The molecular weight excluding hydrogens is 140 g/mol. The van der Waals surface area contributed by atoms with Gasteiger partial charge in [0.15, 0.2) is 0 Å². The van der Waals surface area contributed by atoms with Gasteiger partial charge in [-0.2, -0.15) is 0 Å². The average Bonchev–Trinajstić information content (AvgIpc) is 1.98. The Morgan fingerprint density at radius 1 is 1.60 bits per heavy atom. The van der Waals surface area contributed by atoms with Crippen molar-refractivity contribution in [3.8, 4) is 0 Å². The summed E-state index contributed by atoms with van der Waals surface area (Å²) in [7, 11) is 0. The van der Waals surface area contributed by atoms with Crippen molar-refractivity contribution in [3.05, 3.63) is 35.8 Å². The minimum absolute atomic E-state index is 1.11. The van der Waals surface area contributed by atoms with E-state index in [0.717, 1.165) is 5.75 Å². The van der Waals surface area contributed by atoms with Gasteiger partial charge in [-0.1, -0.05) is 31.7 Å². The molecule has 56 valence electrons. The summed E-state index contributed by atoms with van der Waals surface area (Å²) in [6.07, 6.45) is 7.99. The second kappa shape index (κ2) is 6.69. The topological polar surface area (TPSA) is 0 Å². The minimum atomic E-state index is 1.11. The molecule has 10 heavy (non-hydrogen) atoms. The molecule has 1 heteroatoms. The van der Waals surface area contributed by atoms with Gasteiger partial charge in [0.2, 0.25) is 0 Å². The Labute approximate surface area is 67.7 Å². The molecule has 0 aromatic heterocycles. The second-order valence-electron chi connectivity index (χ2n) is 1.73. The van der Waals surface area contributed by atoms with E-state index in [1.54, 1.807) is 0 Å². The van der Waals surface area contributed by atoms with E-state index in [0.29, 0.717) is 0 Å². The number of rotatable bonds is 4. The molecule has 0 saturated carbocycles. The van der Waals surface area contributed by atoms with Crippen molar-refractivity contribution < 1.29 is 0 Å². The van der Waals surface area contributed by atoms with Crippen LogP contribution in [0.2, 0.25) is 0 Å². The van der Waals surface area contributed by atoms with E-state index >= 15 is 0 Å². The maximum absolute atomic E-state index is 3.71. The lowest BCUT2D eigenvalue weighted by atomic mass is 10.4. The Balaban J connectivity index is 3.90. The highest BCUT2D eigenvalue weighted by Crippen LogP contribution is 2.15. The maximum Gasteiger partial charge on any atom is 0.00658 e. The molecule has 0 saturated heterocycles. The van der Waals surface area contributed by atoms with E-state index in [4.69, 9.17) is 0 Å². The van der Waals surface area contributed by atoms with E-state index in [2.05, 4.69) is 19.6 Å². The van der Waals surface area contributed by atoms with Crippen LogP contribution in [-0.4, -0.2) is 5.75 Å². The fourth-order valence-electron chi connectivity index (χ4n) is 0.533. The van der Waals surface area contributed by atoms with Crippen molar-refractivity contribution in [1.82, 2.24) is 0 Å². The fourth-order valence-corrected chi connectivity index (χ4v) is 1.16. The first kappa shape index (κ1) is 9.57. The van der Waals surface area contributed by atoms with Gasteiger partial charge in [-0.05, 0) is 18.8 Å². The van der Waals surface area contributed by atoms with Crippen molar-refractivity contribution in [1.29, 1.82) is 0 Å². The average molecular weight is 154 g/mol. The van der Waals surface area contributed by atoms with Crippen LogP contribution in [0.1, 0.15) is 13.8 Å². The number of hydrogen-bond donors (Lipinski definition) is 0. The van der Waals surface area contributed by atoms with E-state index in [1.165, 1.54) is 4.91 Å². The molecule has 0 unspecified atom stereocenters. The quantitative estimate of drug-likeness (QED) is 0.559. The van der Waals surface area contributed by atoms with E-state index in [9.17, 15) is 0 Å². The highest BCUT2D eigenvalue weighted by molar-refractivity contribution is 8.03. The smallest absolute Gasteiger partial charge is 0.00658 e. The summed E-state index contributed by atoms with van der Waals surface area (Å²) in [6.45, 7) is 7.85. The summed E-state index contributed by atoms with van der Waals surface area (Å²) in [5.41, 5.74) is 0. The monoisotopic (exact) mass is 154 g/mol. The van der Waals surface area contributed by atoms with Crippen molar-refractivity contribution in [3.63, 3.8) is 0 Å². The molecule has 0 spiro atoms. The summed E-state index contributed by atoms with van der Waals surface area (Å²) in [5, 5.41) is 0. The van der Waals surface area contributed by atoms with Crippen LogP contribution in [0.15, 0.2) is 35.8 Å². The second-order valence-corrected chi connectivity index (χ2v) is 3.07. The van der Waals surface area contributed by atoms with Crippen LogP contribution >= 0.6 is 11.8 Å². The van der Waals surface area contributed by atoms with E-state index in [-0.39, 0.29) is 0 Å². The van der Waals surface area contributed by atoms with Crippen LogP contribution in [0.5, 0.6) is 0 Å². The maximum atomic E-state index is 3.71. The molecule has 0 rings (SSSR count). The lowest BCUT2D eigenvalue weighted by Gasteiger charge is -1.94. The Morgan fingerprint density at radius 2 is 2.30 bits per heavy atom. The van der Waals surface area contributed by atoms with Gasteiger partial charge < -0.3 is 0 Å². The van der Waals surface area contributed by atoms with Crippen LogP contribution in [0.3, 0.4) is 0 Å². The third kappa shape index (κ3) is 4.45. The molecule has 0 radical (unpaired) electrons. The van der Waals surface area contributed by atoms with Crippen LogP contribution < -0.4 is 0 Å². The van der Waals surface area contributed by atoms with Crippen LogP contribution in [0.25, 0.3) is 0 Å². The highest BCUT2D eigenvalue weighted by atomic mass is 32.2. The molecule has 0 bridgehead atoms. The van der Waals surface area contributed by atoms with Crippen LogP contribution in [-0.2, 0) is 0 Å². The standard InChI is InChI=1S/C9H14S/c1-4-7-8-9(5-2)10-6-3/h4-5,7-8H,2,6H2,1,3H3/b7-4-,9-8+. The predicted octanol–water partition coefficient (Wildman–Crippen LogP) is 3.39. The summed E-state index contributed by atoms with van der Waals surface area (Å²) in [6, 6.07) is 0. The SMILES string of the molecule is C=C/C(=C\C=C/C)SCC. The molecule has 0 atom stereocenters. The Bertz CT molecular complexity index is 143. The summed E-state index contributed by atoms with van der Waals surface area (Å²) in [4.78, 5) is 1.24. The van der Waals surface area contributed by atoms with Gasteiger partial charge in [-0.3, -0.25) is 0 Å². The van der Waals surface area contributed by atoms with Gasteiger partial charge in [0.25, 0.3) is 0 Å². The molecule has 0 heterocycles. The third-order valence-corrected chi connectivity index (χ3v) is 1.89. The van der Waals surface area contributed by atoms with Crippen molar-refractivity contribution >= 4 is 11.8 Å². The molecule has 0 aromatic rings. The molecule has 0 N–H and O–H groups in total. The predicted molar refractivity (Wildman–Crippen MR) is 51.2 cm³/mol. The van der Waals surface area contributed by atoms with Gasteiger partial charge in [-0.25, -0.2) is 0 Å². The Kier molecular flexibility index (Phi) is 6.40. The Hall–Kier alpha value is -0.430. The molecule has 0 aliphatic heterocycles. The van der Waals surface area contributed by atoms with Gasteiger partial charge in [0.1, 0.15) is 0 Å². The molecular formula is C9H14S. The zero-order valence-corrected chi connectivity index (χ0v) is 7.45. The normalized spacial score (nSPS) is 12.4. The zero-order chi connectivity index (χ0) is 7.82. The largest absolute Gasteiger partial charge is 0.126 e. The highest BCUT2D eigenvalue weighted by Gasteiger charge is 1.85. The van der Waals surface area contributed by atoms with Gasteiger partial charge in [-0.15, -0.1) is 11.8 Å². The molecule has 0 fully saturated rings. The number of allylic oxidation sites excluding steroid dienone is 4. The first-order valence-electron chi connectivity index (χ1n) is 3.43. The fraction of sp³-hybridized carbons (Fsp3) is 0.333. The Morgan fingerprint density at radius 3 is 2.70 bits per heavy atom. The molecule has 0 aromatic carbocycles.